The van der Waals surface area contributed by atoms with E-state index in [4.69, 9.17) is 0 Å². The van der Waals surface area contributed by atoms with E-state index in [0.29, 0.717) is 31.8 Å². The molecule has 2 saturated heterocycles. The van der Waals surface area contributed by atoms with E-state index in [1.165, 1.54) is 6.08 Å². The van der Waals surface area contributed by atoms with E-state index in [-0.39, 0.29) is 47.1 Å². The monoisotopic (exact) mass is 704 g/mol. The van der Waals surface area contributed by atoms with Crippen molar-refractivity contribution in [2.24, 2.45) is 34.0 Å². The first-order valence-electron chi connectivity index (χ1n) is 18.0. The van der Waals surface area contributed by atoms with Crippen LogP contribution in [0.25, 0.3) is 0 Å². The van der Waals surface area contributed by atoms with Crippen LogP contribution in [-0.4, -0.2) is 99.0 Å². The van der Waals surface area contributed by atoms with Crippen molar-refractivity contribution >= 4 is 40.5 Å². The quantitative estimate of drug-likeness (QED) is 0.171. The van der Waals surface area contributed by atoms with Gasteiger partial charge in [-0.2, -0.15) is 0 Å². The van der Waals surface area contributed by atoms with Crippen LogP contribution in [0.4, 0.5) is 4.79 Å². The Kier molecular flexibility index (Phi) is 12.1. The minimum atomic E-state index is -1.09. The molecule has 4 N–H and O–H groups in total. The second kappa shape index (κ2) is 15.2. The molecule has 2 heterocycles. The molecule has 0 aromatic heterocycles. The van der Waals surface area contributed by atoms with Crippen LogP contribution in [0, 0.1) is 34.0 Å². The third-order valence-electron chi connectivity index (χ3n) is 11.2. The van der Waals surface area contributed by atoms with E-state index in [1.807, 2.05) is 45.8 Å². The smallest absolute Gasteiger partial charge is 0.315 e. The number of Topliss-reactive ketones (excluding diaryl/α,β-unsaturated/α-hetero) is 1. The Bertz CT molecular complexity index is 1320. The summed E-state index contributed by atoms with van der Waals surface area (Å²) in [7, 11) is -1.09. The number of hydrogen-bond donors (Lipinski definition) is 4. The Balaban J connectivity index is 1.52. The molecule has 4 fully saturated rings. The summed E-state index contributed by atoms with van der Waals surface area (Å²) < 4.78 is 14.6. The summed E-state index contributed by atoms with van der Waals surface area (Å²) in [5.74, 6) is -1.43. The molecule has 2 unspecified atom stereocenters. The number of fused-ring (bicyclic) bond motifs is 1. The molecule has 0 aromatic rings. The van der Waals surface area contributed by atoms with Crippen LogP contribution in [0.15, 0.2) is 12.7 Å². The summed E-state index contributed by atoms with van der Waals surface area (Å²) in [6.45, 7) is 21.1. The molecule has 4 aliphatic rings. The number of ketones is 1. The molecule has 2 saturated carbocycles. The van der Waals surface area contributed by atoms with Gasteiger partial charge >= 0.3 is 6.03 Å². The highest BCUT2D eigenvalue weighted by Crippen LogP contribution is 2.65. The van der Waals surface area contributed by atoms with E-state index in [2.05, 4.69) is 41.7 Å². The third kappa shape index (κ3) is 9.11. The lowest BCUT2D eigenvalue weighted by atomic mass is 9.80. The maximum absolute atomic E-state index is 14.5. The molecule has 0 radical (unpaired) electrons. The van der Waals surface area contributed by atoms with Gasteiger partial charge in [-0.25, -0.2) is 13.3 Å². The predicted octanol–water partition coefficient (Wildman–Crippen LogP) is 2.90. The van der Waals surface area contributed by atoms with E-state index < -0.39 is 58.2 Å². The van der Waals surface area contributed by atoms with Crippen molar-refractivity contribution in [3.8, 4) is 0 Å². The standard InChI is InChI=1S/C36H60N6O6S/c1-10-16-37-31(45)28(43)24(19-22-14-13-15-22)38-30(44)27-26-23(36(26,8)9)20-42(27)32(46)29(35(5,6)7)40-33(47)39-25(34(2,3)4)21-41-17-11-12-18-49(41)48/h10,22-27,29H,1,11-21H2,2-9H3,(H,37,45)(H,38,44)(H2,39,40,47)/t23-,24?,25+,26-,27-,29+,49?/m0/s1. The van der Waals surface area contributed by atoms with Crippen molar-refractivity contribution in [1.29, 1.82) is 0 Å². The molecular weight excluding hydrogens is 644 g/mol. The van der Waals surface area contributed by atoms with E-state index in [0.717, 1.165) is 32.1 Å². The normalized spacial score (nSPS) is 27.1. The first-order valence-corrected chi connectivity index (χ1v) is 19.3. The first kappa shape index (κ1) is 39.0. The van der Waals surface area contributed by atoms with Crippen LogP contribution < -0.4 is 21.3 Å². The molecule has 12 nitrogen and oxygen atoms in total. The average Bonchev–Trinajstić information content (AvgIpc) is 3.30. The van der Waals surface area contributed by atoms with Crippen LogP contribution in [0.1, 0.15) is 93.9 Å². The summed E-state index contributed by atoms with van der Waals surface area (Å²) in [5, 5.41) is 11.5. The molecule has 7 atom stereocenters. The van der Waals surface area contributed by atoms with Gasteiger partial charge in [0.05, 0.1) is 17.0 Å². The Morgan fingerprint density at radius 3 is 2.18 bits per heavy atom. The Labute approximate surface area is 295 Å². The zero-order valence-electron chi connectivity index (χ0n) is 30.9. The summed E-state index contributed by atoms with van der Waals surface area (Å²) in [4.78, 5) is 69.7. The van der Waals surface area contributed by atoms with Crippen molar-refractivity contribution in [2.75, 3.05) is 31.9 Å². The number of carbonyl (C=O) groups is 5. The second-order valence-corrected chi connectivity index (χ2v) is 18.9. The van der Waals surface area contributed by atoms with Crippen molar-refractivity contribution in [3.63, 3.8) is 0 Å². The van der Waals surface area contributed by atoms with Crippen LogP contribution in [-0.2, 0) is 30.2 Å². The van der Waals surface area contributed by atoms with Gasteiger partial charge in [-0.15, -0.1) is 6.58 Å². The van der Waals surface area contributed by atoms with Gasteiger partial charge in [-0.1, -0.05) is 80.7 Å². The molecule has 49 heavy (non-hydrogen) atoms. The maximum atomic E-state index is 14.5. The number of hydrogen-bond acceptors (Lipinski definition) is 6. The number of likely N-dealkylation sites (tertiary alicyclic amines) is 1. The summed E-state index contributed by atoms with van der Waals surface area (Å²) in [6, 6.07) is -3.63. The number of amides is 5. The summed E-state index contributed by atoms with van der Waals surface area (Å²) in [5.41, 5.74) is -1.22. The number of urea groups is 1. The van der Waals surface area contributed by atoms with E-state index >= 15 is 0 Å². The van der Waals surface area contributed by atoms with Crippen LogP contribution in [0.5, 0.6) is 0 Å². The highest BCUT2D eigenvalue weighted by molar-refractivity contribution is 7.82. The van der Waals surface area contributed by atoms with Gasteiger partial charge in [-0.3, -0.25) is 19.2 Å². The Hall–Kier alpha value is -2.80. The number of nitrogens with zero attached hydrogens (tertiary/aromatic N) is 2. The average molecular weight is 705 g/mol. The van der Waals surface area contributed by atoms with Gasteiger partial charge in [0.2, 0.25) is 17.6 Å². The highest BCUT2D eigenvalue weighted by atomic mass is 32.2. The Morgan fingerprint density at radius 2 is 1.63 bits per heavy atom. The number of piperidine rings is 1. The number of nitrogens with one attached hydrogen (secondary N) is 4. The topological polar surface area (TPSA) is 157 Å². The third-order valence-corrected chi connectivity index (χ3v) is 12.8. The first-order chi connectivity index (χ1) is 22.8. The van der Waals surface area contributed by atoms with E-state index in [1.54, 1.807) is 4.90 Å². The lowest BCUT2D eigenvalue weighted by Crippen LogP contribution is -2.63. The van der Waals surface area contributed by atoms with Gasteiger partial charge in [0, 0.05) is 38.0 Å². The van der Waals surface area contributed by atoms with Gasteiger partial charge < -0.3 is 26.2 Å². The molecule has 276 valence electrons. The van der Waals surface area contributed by atoms with Gasteiger partial charge in [-0.05, 0) is 53.3 Å². The second-order valence-electron chi connectivity index (χ2n) is 17.3. The van der Waals surface area contributed by atoms with Gasteiger partial charge in [0.15, 0.2) is 0 Å². The van der Waals surface area contributed by atoms with Crippen LogP contribution in [0.2, 0.25) is 0 Å². The summed E-state index contributed by atoms with van der Waals surface area (Å²) >= 11 is 0. The maximum Gasteiger partial charge on any atom is 0.315 e. The Morgan fingerprint density at radius 1 is 0.959 bits per heavy atom. The van der Waals surface area contributed by atoms with Crippen LogP contribution >= 0.6 is 0 Å². The fourth-order valence-electron chi connectivity index (χ4n) is 7.58. The number of rotatable bonds is 13. The fourth-order valence-corrected chi connectivity index (χ4v) is 8.94. The summed E-state index contributed by atoms with van der Waals surface area (Å²) in [6.07, 6.45) is 6.66. The van der Waals surface area contributed by atoms with Crippen molar-refractivity contribution < 1.29 is 28.2 Å². The van der Waals surface area contributed by atoms with Crippen molar-refractivity contribution in [2.45, 2.75) is 118 Å². The highest BCUT2D eigenvalue weighted by Gasteiger charge is 2.70. The SMILES string of the molecule is C=CCNC(=O)C(=O)C(CC1CCC1)NC(=O)[C@@H]1[C@@H]2[C@H](CN1C(=O)[C@@H](NC(=O)N[C@H](CN1CCCCS1=O)C(C)(C)C)C(C)(C)C)C2(C)C. The van der Waals surface area contributed by atoms with Gasteiger partial charge in [0.25, 0.3) is 5.91 Å². The van der Waals surface area contributed by atoms with Gasteiger partial charge in [0.1, 0.15) is 12.1 Å². The molecule has 0 aromatic carbocycles. The molecule has 4 rings (SSSR count). The molecule has 0 spiro atoms. The van der Waals surface area contributed by atoms with Crippen LogP contribution in [0.3, 0.4) is 0 Å². The fraction of sp³-hybridized carbons (Fsp3) is 0.806. The minimum Gasteiger partial charge on any atom is -0.346 e. The molecular formula is C36H60N6O6S. The number of carbonyl (C=O) groups excluding carboxylic acids is 5. The zero-order chi connectivity index (χ0) is 36.5. The zero-order valence-corrected chi connectivity index (χ0v) is 31.7. The molecule has 2 aliphatic heterocycles. The molecule has 13 heteroatoms. The molecule has 5 amide bonds. The lowest BCUT2D eigenvalue weighted by molar-refractivity contribution is -0.145. The molecule has 2 aliphatic carbocycles. The largest absolute Gasteiger partial charge is 0.346 e. The minimum absolute atomic E-state index is 0.0917. The molecule has 0 bridgehead atoms. The van der Waals surface area contributed by atoms with E-state index in [9.17, 15) is 28.2 Å². The lowest BCUT2D eigenvalue weighted by Gasteiger charge is -2.39. The van der Waals surface area contributed by atoms with Crippen molar-refractivity contribution in [1.82, 2.24) is 30.5 Å². The predicted molar refractivity (Wildman–Crippen MR) is 190 cm³/mol. The van der Waals surface area contributed by atoms with Crippen molar-refractivity contribution in [3.05, 3.63) is 12.7 Å².